The predicted octanol–water partition coefficient (Wildman–Crippen LogP) is 3.46. The number of halogens is 2. The van der Waals surface area contributed by atoms with Crippen molar-refractivity contribution in [1.82, 2.24) is 10.9 Å². The van der Waals surface area contributed by atoms with Crippen LogP contribution in [0.25, 0.3) is 0 Å². The molecule has 0 bridgehead atoms. The highest BCUT2D eigenvalue weighted by molar-refractivity contribution is 9.10. The molecule has 6 nitrogen and oxygen atoms in total. The molecule has 0 saturated carbocycles. The molecule has 8 heteroatoms. The third-order valence-corrected chi connectivity index (χ3v) is 3.94. The number of methoxy groups -OCH3 is 1. The van der Waals surface area contributed by atoms with E-state index in [4.69, 9.17) is 9.47 Å². The SMILES string of the molecule is CCCOc1c(Br)cc(C(=O)NNC(=O)c2ccccc2F)cc1OC. The van der Waals surface area contributed by atoms with Crippen molar-refractivity contribution in [2.75, 3.05) is 13.7 Å². The number of carbonyl (C=O) groups excluding carboxylic acids is 2. The van der Waals surface area contributed by atoms with Crippen molar-refractivity contribution in [3.8, 4) is 11.5 Å². The summed E-state index contributed by atoms with van der Waals surface area (Å²) in [6, 6.07) is 8.50. The molecule has 0 unspecified atom stereocenters. The van der Waals surface area contributed by atoms with Crippen LogP contribution in [0.5, 0.6) is 11.5 Å². The molecule has 2 N–H and O–H groups in total. The molecule has 138 valence electrons. The van der Waals surface area contributed by atoms with E-state index in [1.54, 1.807) is 0 Å². The minimum atomic E-state index is -0.759. The number of hydrazine groups is 1. The summed E-state index contributed by atoms with van der Waals surface area (Å²) in [6.07, 6.45) is 0.819. The van der Waals surface area contributed by atoms with Crippen molar-refractivity contribution in [2.24, 2.45) is 0 Å². The molecule has 0 aliphatic carbocycles. The number of rotatable bonds is 6. The molecule has 0 fully saturated rings. The van der Waals surface area contributed by atoms with E-state index < -0.39 is 17.6 Å². The number of hydrogen-bond acceptors (Lipinski definition) is 4. The van der Waals surface area contributed by atoms with Crippen molar-refractivity contribution in [1.29, 1.82) is 0 Å². The average Bonchev–Trinajstić information content (AvgIpc) is 2.64. The van der Waals surface area contributed by atoms with Crippen LogP contribution in [0.3, 0.4) is 0 Å². The van der Waals surface area contributed by atoms with E-state index in [0.29, 0.717) is 22.6 Å². The maximum absolute atomic E-state index is 13.6. The van der Waals surface area contributed by atoms with Gasteiger partial charge in [0, 0.05) is 5.56 Å². The molecule has 0 aromatic heterocycles. The van der Waals surface area contributed by atoms with E-state index in [0.717, 1.165) is 12.5 Å². The fraction of sp³-hybridized carbons (Fsp3) is 0.222. The Bertz CT molecular complexity index is 814. The summed E-state index contributed by atoms with van der Waals surface area (Å²) >= 11 is 3.34. The molecule has 2 rings (SSSR count). The summed E-state index contributed by atoms with van der Waals surface area (Å²) in [5.41, 5.74) is 4.48. The lowest BCUT2D eigenvalue weighted by molar-refractivity contribution is 0.0844. The molecule has 0 spiro atoms. The predicted molar refractivity (Wildman–Crippen MR) is 97.8 cm³/mol. The second kappa shape index (κ2) is 9.19. The smallest absolute Gasteiger partial charge is 0.272 e. The van der Waals surface area contributed by atoms with Gasteiger partial charge in [-0.25, -0.2) is 4.39 Å². The highest BCUT2D eigenvalue weighted by Gasteiger charge is 2.17. The van der Waals surface area contributed by atoms with Crippen LogP contribution in [0.15, 0.2) is 40.9 Å². The first kappa shape index (κ1) is 19.7. The number of hydrogen-bond donors (Lipinski definition) is 2. The quantitative estimate of drug-likeness (QED) is 0.696. The van der Waals surface area contributed by atoms with Crippen LogP contribution < -0.4 is 20.3 Å². The summed E-state index contributed by atoms with van der Waals surface area (Å²) in [4.78, 5) is 24.2. The van der Waals surface area contributed by atoms with Crippen molar-refractivity contribution in [2.45, 2.75) is 13.3 Å². The number of carbonyl (C=O) groups is 2. The van der Waals surface area contributed by atoms with Crippen LogP contribution in [-0.4, -0.2) is 25.5 Å². The first-order valence-electron chi connectivity index (χ1n) is 7.83. The van der Waals surface area contributed by atoms with Gasteiger partial charge in [-0.2, -0.15) is 0 Å². The van der Waals surface area contributed by atoms with Gasteiger partial charge in [0.25, 0.3) is 11.8 Å². The van der Waals surface area contributed by atoms with E-state index in [-0.39, 0.29) is 11.1 Å². The van der Waals surface area contributed by atoms with Crippen LogP contribution in [0.1, 0.15) is 34.1 Å². The number of ether oxygens (including phenoxy) is 2. The Kier molecular flexibility index (Phi) is 6.97. The van der Waals surface area contributed by atoms with Crippen LogP contribution in [0, 0.1) is 5.82 Å². The van der Waals surface area contributed by atoms with Gasteiger partial charge in [0.15, 0.2) is 11.5 Å². The van der Waals surface area contributed by atoms with Gasteiger partial charge in [-0.3, -0.25) is 20.4 Å². The molecule has 0 atom stereocenters. The van der Waals surface area contributed by atoms with E-state index in [2.05, 4.69) is 26.8 Å². The van der Waals surface area contributed by atoms with E-state index in [9.17, 15) is 14.0 Å². The fourth-order valence-electron chi connectivity index (χ4n) is 2.09. The van der Waals surface area contributed by atoms with E-state index >= 15 is 0 Å². The third kappa shape index (κ3) is 4.72. The Morgan fingerprint density at radius 1 is 1.15 bits per heavy atom. The average molecular weight is 425 g/mol. The molecule has 2 aromatic rings. The Balaban J connectivity index is 2.11. The topological polar surface area (TPSA) is 76.7 Å². The second-order valence-electron chi connectivity index (χ2n) is 5.23. The lowest BCUT2D eigenvalue weighted by Gasteiger charge is -2.14. The van der Waals surface area contributed by atoms with Gasteiger partial charge in [0.05, 0.1) is 23.8 Å². The maximum Gasteiger partial charge on any atom is 0.272 e. The zero-order valence-electron chi connectivity index (χ0n) is 14.3. The molecule has 0 heterocycles. The molecule has 2 aromatic carbocycles. The van der Waals surface area contributed by atoms with Gasteiger partial charge in [0.2, 0.25) is 0 Å². The summed E-state index contributed by atoms with van der Waals surface area (Å²) < 4.78 is 25.0. The second-order valence-corrected chi connectivity index (χ2v) is 6.08. The molecule has 2 amide bonds. The first-order chi connectivity index (χ1) is 12.5. The van der Waals surface area contributed by atoms with Crippen molar-refractivity contribution in [3.63, 3.8) is 0 Å². The summed E-state index contributed by atoms with van der Waals surface area (Å²) in [5.74, 6) is -1.16. The summed E-state index contributed by atoms with van der Waals surface area (Å²) in [5, 5.41) is 0. The Hall–Kier alpha value is -2.61. The van der Waals surface area contributed by atoms with Crippen LogP contribution >= 0.6 is 15.9 Å². The lowest BCUT2D eigenvalue weighted by Crippen LogP contribution is -2.42. The monoisotopic (exact) mass is 424 g/mol. The molecule has 0 aliphatic heterocycles. The normalized spacial score (nSPS) is 10.2. The Morgan fingerprint density at radius 2 is 1.85 bits per heavy atom. The van der Waals surface area contributed by atoms with E-state index in [1.807, 2.05) is 6.92 Å². The summed E-state index contributed by atoms with van der Waals surface area (Å²) in [6.45, 7) is 2.47. The molecule has 0 aliphatic rings. The Labute approximate surface area is 158 Å². The van der Waals surface area contributed by atoms with Crippen molar-refractivity contribution < 1.29 is 23.5 Å². The molecular weight excluding hydrogens is 407 g/mol. The molecule has 26 heavy (non-hydrogen) atoms. The minimum absolute atomic E-state index is 0.171. The summed E-state index contributed by atoms with van der Waals surface area (Å²) in [7, 11) is 1.46. The molecular formula is C18H18BrFN2O4. The zero-order valence-corrected chi connectivity index (χ0v) is 15.9. The number of benzene rings is 2. The van der Waals surface area contributed by atoms with Crippen LogP contribution in [-0.2, 0) is 0 Å². The minimum Gasteiger partial charge on any atom is -0.493 e. The first-order valence-corrected chi connectivity index (χ1v) is 8.62. The molecule has 0 saturated heterocycles. The zero-order chi connectivity index (χ0) is 19.1. The van der Waals surface area contributed by atoms with Gasteiger partial charge in [0.1, 0.15) is 5.82 Å². The van der Waals surface area contributed by atoms with Crippen molar-refractivity contribution in [3.05, 3.63) is 57.8 Å². The molecule has 0 radical (unpaired) electrons. The van der Waals surface area contributed by atoms with Gasteiger partial charge < -0.3 is 9.47 Å². The number of amides is 2. The van der Waals surface area contributed by atoms with Crippen LogP contribution in [0.4, 0.5) is 4.39 Å². The van der Waals surface area contributed by atoms with Crippen LogP contribution in [0.2, 0.25) is 0 Å². The fourth-order valence-corrected chi connectivity index (χ4v) is 2.65. The lowest BCUT2D eigenvalue weighted by atomic mass is 10.2. The maximum atomic E-state index is 13.6. The van der Waals surface area contributed by atoms with Gasteiger partial charge in [-0.15, -0.1) is 0 Å². The van der Waals surface area contributed by atoms with Gasteiger partial charge >= 0.3 is 0 Å². The van der Waals surface area contributed by atoms with Gasteiger partial charge in [-0.1, -0.05) is 19.1 Å². The third-order valence-electron chi connectivity index (χ3n) is 3.35. The number of nitrogens with one attached hydrogen (secondary N) is 2. The highest BCUT2D eigenvalue weighted by Crippen LogP contribution is 2.36. The van der Waals surface area contributed by atoms with E-state index in [1.165, 1.54) is 37.4 Å². The van der Waals surface area contributed by atoms with Crippen molar-refractivity contribution >= 4 is 27.7 Å². The van der Waals surface area contributed by atoms with Gasteiger partial charge in [-0.05, 0) is 46.6 Å². The largest absolute Gasteiger partial charge is 0.493 e. The highest BCUT2D eigenvalue weighted by atomic mass is 79.9. The standard InChI is InChI=1S/C18H18BrFN2O4/c1-3-8-26-16-13(19)9-11(10-15(16)25-2)17(23)21-22-18(24)12-6-4-5-7-14(12)20/h4-7,9-10H,3,8H2,1-2H3,(H,21,23)(H,22,24). The Morgan fingerprint density at radius 3 is 2.50 bits per heavy atom.